The van der Waals surface area contributed by atoms with E-state index in [-0.39, 0.29) is 18.2 Å². The number of piperazine rings is 1. The number of ether oxygens (including phenoxy) is 1. The van der Waals surface area contributed by atoms with Gasteiger partial charge < -0.3 is 30.5 Å². The van der Waals surface area contributed by atoms with Crippen LogP contribution in [0, 0.1) is 0 Å². The van der Waals surface area contributed by atoms with E-state index in [0.29, 0.717) is 43.2 Å². The number of nitrogens with zero attached hydrogens (tertiary/aromatic N) is 3. The summed E-state index contributed by atoms with van der Waals surface area (Å²) in [5.74, 6) is 0.590. The molecule has 10 heteroatoms. The van der Waals surface area contributed by atoms with Crippen LogP contribution in [0.25, 0.3) is 6.08 Å². The van der Waals surface area contributed by atoms with E-state index < -0.39 is 6.03 Å². The van der Waals surface area contributed by atoms with Gasteiger partial charge in [0, 0.05) is 50.5 Å². The molecule has 2 aliphatic rings. The van der Waals surface area contributed by atoms with E-state index in [0.717, 1.165) is 32.0 Å². The van der Waals surface area contributed by atoms with Gasteiger partial charge in [-0.3, -0.25) is 9.59 Å². The van der Waals surface area contributed by atoms with Crippen molar-refractivity contribution in [3.63, 3.8) is 0 Å². The number of aromatic nitrogens is 1. The van der Waals surface area contributed by atoms with Crippen LogP contribution in [0.3, 0.4) is 0 Å². The van der Waals surface area contributed by atoms with Gasteiger partial charge in [0.05, 0.1) is 25.5 Å². The molecule has 10 nitrogen and oxygen atoms in total. The lowest BCUT2D eigenvalue weighted by Crippen LogP contribution is -2.49. The summed E-state index contributed by atoms with van der Waals surface area (Å²) in [5.41, 5.74) is 1.72. The predicted molar refractivity (Wildman–Crippen MR) is 134 cm³/mol. The molecular formula is C25H30N6O4. The van der Waals surface area contributed by atoms with Crippen molar-refractivity contribution in [2.75, 3.05) is 69.2 Å². The minimum absolute atomic E-state index is 0.0615. The highest BCUT2D eigenvalue weighted by Crippen LogP contribution is 2.15. The van der Waals surface area contributed by atoms with Crippen molar-refractivity contribution >= 4 is 35.3 Å². The number of carbonyl (C=O) groups excluding carboxylic acids is 3. The second kappa shape index (κ2) is 12.1. The maximum atomic E-state index is 12.6. The average molecular weight is 479 g/mol. The molecule has 4 rings (SSSR count). The van der Waals surface area contributed by atoms with Crippen LogP contribution >= 0.6 is 0 Å². The Hall–Kier alpha value is -3.76. The molecule has 3 amide bonds. The minimum Gasteiger partial charge on any atom is -0.378 e. The van der Waals surface area contributed by atoms with Crippen molar-refractivity contribution < 1.29 is 19.1 Å². The number of allylic oxidation sites excluding steroid dienone is 1. The first-order valence-electron chi connectivity index (χ1n) is 11.7. The van der Waals surface area contributed by atoms with E-state index in [1.807, 2.05) is 18.2 Å². The van der Waals surface area contributed by atoms with Crippen molar-refractivity contribution in [3.05, 3.63) is 59.8 Å². The fourth-order valence-electron chi connectivity index (χ4n) is 3.83. The Kier molecular flexibility index (Phi) is 8.42. The molecule has 0 bridgehead atoms. The fraction of sp³-hybridized carbons (Fsp3) is 0.360. The molecule has 184 valence electrons. The van der Waals surface area contributed by atoms with Gasteiger partial charge in [0.2, 0.25) is 5.91 Å². The molecule has 0 atom stereocenters. The minimum atomic E-state index is -0.473. The topological polar surface area (TPSA) is 116 Å². The number of hydrogen-bond acceptors (Lipinski definition) is 7. The van der Waals surface area contributed by atoms with Gasteiger partial charge in [-0.25, -0.2) is 9.78 Å². The summed E-state index contributed by atoms with van der Waals surface area (Å²) in [6.45, 7) is 5.69. The fourth-order valence-corrected chi connectivity index (χ4v) is 3.83. The maximum absolute atomic E-state index is 12.6. The Morgan fingerprint density at radius 3 is 2.49 bits per heavy atom. The van der Waals surface area contributed by atoms with Gasteiger partial charge in [-0.05, 0) is 48.6 Å². The number of nitrogens with one attached hydrogen (secondary N) is 3. The van der Waals surface area contributed by atoms with Gasteiger partial charge in [0.15, 0.2) is 5.78 Å². The molecule has 1 aromatic carbocycles. The van der Waals surface area contributed by atoms with Crippen LogP contribution in [0.5, 0.6) is 0 Å². The third kappa shape index (κ3) is 7.11. The molecule has 3 heterocycles. The highest BCUT2D eigenvalue weighted by molar-refractivity contribution is 6.07. The summed E-state index contributed by atoms with van der Waals surface area (Å²) >= 11 is 0. The van der Waals surface area contributed by atoms with Crippen LogP contribution in [0.4, 0.5) is 16.3 Å². The van der Waals surface area contributed by atoms with E-state index in [2.05, 4.69) is 25.8 Å². The summed E-state index contributed by atoms with van der Waals surface area (Å²) in [7, 11) is 0. The molecule has 3 N–H and O–H groups in total. The van der Waals surface area contributed by atoms with E-state index in [9.17, 15) is 14.4 Å². The first-order chi connectivity index (χ1) is 17.1. The molecule has 2 aromatic rings. The third-order valence-electron chi connectivity index (χ3n) is 5.79. The third-order valence-corrected chi connectivity index (χ3v) is 5.79. The highest BCUT2D eigenvalue weighted by atomic mass is 16.5. The van der Waals surface area contributed by atoms with Crippen LogP contribution in [-0.4, -0.2) is 86.6 Å². The molecule has 0 unspecified atom stereocenters. The second-order valence-corrected chi connectivity index (χ2v) is 8.23. The summed E-state index contributed by atoms with van der Waals surface area (Å²) in [6, 6.07) is 11.8. The second-order valence-electron chi connectivity index (χ2n) is 8.23. The lowest BCUT2D eigenvalue weighted by molar-refractivity contribution is -0.130. The SMILES string of the molecule is O=C(NCC(=O)N1CCNCC1)Nc1ccc(C(=O)/C=C/c2cccc(N3CCOCC3)n2)cc1. The summed E-state index contributed by atoms with van der Waals surface area (Å²) in [6.07, 6.45) is 3.18. The lowest BCUT2D eigenvalue weighted by atomic mass is 10.1. The number of ketones is 1. The molecule has 0 radical (unpaired) electrons. The molecular weight excluding hydrogens is 448 g/mol. The molecule has 2 saturated heterocycles. The number of rotatable bonds is 7. The normalized spacial score (nSPS) is 16.2. The van der Waals surface area contributed by atoms with Gasteiger partial charge in [0.25, 0.3) is 0 Å². The van der Waals surface area contributed by atoms with Crippen LogP contribution in [0.1, 0.15) is 16.1 Å². The van der Waals surface area contributed by atoms with E-state index >= 15 is 0 Å². The number of benzene rings is 1. The lowest BCUT2D eigenvalue weighted by Gasteiger charge is -2.27. The predicted octanol–water partition coefficient (Wildman–Crippen LogP) is 1.37. The van der Waals surface area contributed by atoms with Gasteiger partial charge in [-0.1, -0.05) is 6.07 Å². The van der Waals surface area contributed by atoms with Crippen molar-refractivity contribution in [1.29, 1.82) is 0 Å². The number of hydrogen-bond donors (Lipinski definition) is 3. The van der Waals surface area contributed by atoms with Crippen LogP contribution in [0.2, 0.25) is 0 Å². The first kappa shape index (κ1) is 24.4. The van der Waals surface area contributed by atoms with Crippen LogP contribution in [-0.2, 0) is 9.53 Å². The molecule has 0 spiro atoms. The summed E-state index contributed by atoms with van der Waals surface area (Å²) in [4.78, 5) is 45.3. The Bertz CT molecular complexity index is 1060. The summed E-state index contributed by atoms with van der Waals surface area (Å²) < 4.78 is 5.38. The van der Waals surface area contributed by atoms with Crippen LogP contribution < -0.4 is 20.9 Å². The van der Waals surface area contributed by atoms with Gasteiger partial charge in [0.1, 0.15) is 5.82 Å². The molecule has 35 heavy (non-hydrogen) atoms. The average Bonchev–Trinajstić information content (AvgIpc) is 2.92. The number of pyridine rings is 1. The monoisotopic (exact) mass is 478 g/mol. The van der Waals surface area contributed by atoms with Crippen molar-refractivity contribution in [2.45, 2.75) is 0 Å². The van der Waals surface area contributed by atoms with Crippen LogP contribution in [0.15, 0.2) is 48.5 Å². The van der Waals surface area contributed by atoms with Crippen molar-refractivity contribution in [2.24, 2.45) is 0 Å². The highest BCUT2D eigenvalue weighted by Gasteiger charge is 2.16. The number of urea groups is 1. The van der Waals surface area contributed by atoms with Gasteiger partial charge in [-0.2, -0.15) is 0 Å². The van der Waals surface area contributed by atoms with E-state index in [1.54, 1.807) is 35.2 Å². The molecule has 0 saturated carbocycles. The molecule has 1 aromatic heterocycles. The maximum Gasteiger partial charge on any atom is 0.319 e. The number of anilines is 2. The number of carbonyl (C=O) groups is 3. The van der Waals surface area contributed by atoms with Crippen molar-refractivity contribution in [3.8, 4) is 0 Å². The zero-order chi connectivity index (χ0) is 24.5. The van der Waals surface area contributed by atoms with Crippen molar-refractivity contribution in [1.82, 2.24) is 20.5 Å². The number of amides is 3. The molecule has 2 aliphatic heterocycles. The standard InChI is InChI=1S/C25H30N6O4/c32-22(9-8-20-2-1-3-23(28-20)30-14-16-35-17-15-30)19-4-6-21(7-5-19)29-25(34)27-18-24(33)31-12-10-26-11-13-31/h1-9,26H,10-18H2,(H2,27,29,34)/b9-8+. The quantitative estimate of drug-likeness (QED) is 0.407. The summed E-state index contributed by atoms with van der Waals surface area (Å²) in [5, 5.41) is 8.43. The first-order valence-corrected chi connectivity index (χ1v) is 11.7. The van der Waals surface area contributed by atoms with E-state index in [1.165, 1.54) is 6.08 Å². The largest absolute Gasteiger partial charge is 0.378 e. The Balaban J connectivity index is 1.26. The Morgan fingerprint density at radius 1 is 1.00 bits per heavy atom. The Labute approximate surface area is 204 Å². The zero-order valence-electron chi connectivity index (χ0n) is 19.5. The van der Waals surface area contributed by atoms with Gasteiger partial charge >= 0.3 is 6.03 Å². The van der Waals surface area contributed by atoms with E-state index in [4.69, 9.17) is 4.74 Å². The molecule has 0 aliphatic carbocycles. The smallest absolute Gasteiger partial charge is 0.319 e. The molecule has 2 fully saturated rings. The Morgan fingerprint density at radius 2 is 1.74 bits per heavy atom. The number of morpholine rings is 1. The van der Waals surface area contributed by atoms with Gasteiger partial charge in [-0.15, -0.1) is 0 Å². The zero-order valence-corrected chi connectivity index (χ0v) is 19.5.